The standard InChI is InChI=1S/C20H22N4O4/c1-4-23-18(20(27)28)16(12(3)25)17(19(26)24(23)5-2)22-15-10-6-9-14-13(15)8-7-11-21-14/h6-11,18,22H,4-5H2,1-3H3,(H,27,28). The summed E-state index contributed by atoms with van der Waals surface area (Å²) in [5.74, 6) is -2.08. The van der Waals surface area contributed by atoms with Crippen molar-refractivity contribution in [2.75, 3.05) is 18.4 Å². The zero-order valence-corrected chi connectivity index (χ0v) is 16.0. The number of likely N-dealkylation sites (N-methyl/N-ethyl adjacent to an activating group) is 2. The van der Waals surface area contributed by atoms with Crippen LogP contribution in [-0.2, 0) is 14.4 Å². The van der Waals surface area contributed by atoms with Crippen LogP contribution in [0.25, 0.3) is 10.9 Å². The Morgan fingerprint density at radius 2 is 1.93 bits per heavy atom. The van der Waals surface area contributed by atoms with E-state index in [-0.39, 0.29) is 24.4 Å². The molecule has 2 aromatic rings. The molecule has 146 valence electrons. The van der Waals surface area contributed by atoms with Crippen LogP contribution in [-0.4, -0.2) is 56.9 Å². The van der Waals surface area contributed by atoms with Gasteiger partial charge in [-0.05, 0) is 38.1 Å². The predicted octanol–water partition coefficient (Wildman–Crippen LogP) is 2.04. The number of hydrazine groups is 1. The number of hydrogen-bond acceptors (Lipinski definition) is 6. The number of amides is 1. The van der Waals surface area contributed by atoms with E-state index in [0.29, 0.717) is 5.69 Å². The Hall–Kier alpha value is -3.26. The maximum absolute atomic E-state index is 13.2. The van der Waals surface area contributed by atoms with E-state index < -0.39 is 23.7 Å². The molecule has 1 atom stereocenters. The van der Waals surface area contributed by atoms with Gasteiger partial charge in [-0.2, -0.15) is 5.01 Å². The summed E-state index contributed by atoms with van der Waals surface area (Å²) in [4.78, 5) is 41.9. The molecule has 1 aromatic carbocycles. The smallest absolute Gasteiger partial charge is 0.327 e. The van der Waals surface area contributed by atoms with Crippen molar-refractivity contribution in [3.05, 3.63) is 47.8 Å². The third kappa shape index (κ3) is 3.22. The van der Waals surface area contributed by atoms with Gasteiger partial charge in [0.2, 0.25) is 0 Å². The minimum Gasteiger partial charge on any atom is -0.480 e. The highest BCUT2D eigenvalue weighted by Gasteiger charge is 2.44. The monoisotopic (exact) mass is 382 g/mol. The number of aromatic nitrogens is 1. The van der Waals surface area contributed by atoms with Crippen molar-refractivity contribution in [2.45, 2.75) is 26.8 Å². The first-order valence-electron chi connectivity index (χ1n) is 9.07. The van der Waals surface area contributed by atoms with Crippen LogP contribution in [0.1, 0.15) is 20.8 Å². The number of carbonyl (C=O) groups is 3. The van der Waals surface area contributed by atoms with Crippen molar-refractivity contribution in [3.63, 3.8) is 0 Å². The first-order chi connectivity index (χ1) is 13.4. The van der Waals surface area contributed by atoms with Gasteiger partial charge in [-0.3, -0.25) is 24.4 Å². The highest BCUT2D eigenvalue weighted by atomic mass is 16.4. The molecule has 0 saturated carbocycles. The maximum atomic E-state index is 13.2. The van der Waals surface area contributed by atoms with Crippen molar-refractivity contribution in [1.82, 2.24) is 15.0 Å². The van der Waals surface area contributed by atoms with Crippen molar-refractivity contribution < 1.29 is 19.5 Å². The largest absolute Gasteiger partial charge is 0.480 e. The average Bonchev–Trinajstić information content (AvgIpc) is 2.68. The number of hydrogen-bond donors (Lipinski definition) is 2. The van der Waals surface area contributed by atoms with E-state index in [1.54, 1.807) is 38.2 Å². The summed E-state index contributed by atoms with van der Waals surface area (Å²) >= 11 is 0. The molecule has 0 bridgehead atoms. The third-order valence-electron chi connectivity index (χ3n) is 4.74. The summed E-state index contributed by atoms with van der Waals surface area (Å²) in [5, 5.41) is 16.4. The van der Waals surface area contributed by atoms with Crippen LogP contribution >= 0.6 is 0 Å². The minimum atomic E-state index is -1.24. The number of carboxylic acid groups (broad SMARTS) is 1. The Labute approximate surface area is 162 Å². The van der Waals surface area contributed by atoms with E-state index in [0.717, 1.165) is 10.9 Å². The van der Waals surface area contributed by atoms with Gasteiger partial charge in [0.1, 0.15) is 5.70 Å². The van der Waals surface area contributed by atoms with E-state index >= 15 is 0 Å². The van der Waals surface area contributed by atoms with E-state index in [1.807, 2.05) is 12.1 Å². The Balaban J connectivity index is 2.21. The molecule has 1 aliphatic heterocycles. The number of rotatable bonds is 6. The summed E-state index contributed by atoms with van der Waals surface area (Å²) in [7, 11) is 0. The molecule has 0 aliphatic carbocycles. The molecule has 0 saturated heterocycles. The molecule has 28 heavy (non-hydrogen) atoms. The number of carbonyl (C=O) groups excluding carboxylic acids is 2. The van der Waals surface area contributed by atoms with Crippen LogP contribution in [0.2, 0.25) is 0 Å². The summed E-state index contributed by atoms with van der Waals surface area (Å²) in [6, 6.07) is 7.75. The minimum absolute atomic E-state index is 0.0113. The molecular formula is C20H22N4O4. The number of nitrogens with zero attached hydrogens (tertiary/aromatic N) is 3. The molecule has 2 N–H and O–H groups in total. The second-order valence-corrected chi connectivity index (χ2v) is 6.36. The van der Waals surface area contributed by atoms with Crippen molar-refractivity contribution in [3.8, 4) is 0 Å². The van der Waals surface area contributed by atoms with Crippen LogP contribution in [0.4, 0.5) is 5.69 Å². The van der Waals surface area contributed by atoms with E-state index in [4.69, 9.17) is 0 Å². The first-order valence-corrected chi connectivity index (χ1v) is 9.07. The second kappa shape index (κ2) is 7.77. The molecule has 0 fully saturated rings. The topological polar surface area (TPSA) is 103 Å². The van der Waals surface area contributed by atoms with Gasteiger partial charge < -0.3 is 10.4 Å². The highest BCUT2D eigenvalue weighted by molar-refractivity contribution is 6.12. The lowest BCUT2D eigenvalue weighted by molar-refractivity contribution is -0.162. The van der Waals surface area contributed by atoms with Crippen molar-refractivity contribution in [2.24, 2.45) is 0 Å². The van der Waals surface area contributed by atoms with Crippen LogP contribution in [0, 0.1) is 0 Å². The quantitative estimate of drug-likeness (QED) is 0.788. The maximum Gasteiger partial charge on any atom is 0.327 e. The molecule has 8 nitrogen and oxygen atoms in total. The Morgan fingerprint density at radius 1 is 1.18 bits per heavy atom. The van der Waals surface area contributed by atoms with Crippen LogP contribution in [0.15, 0.2) is 47.8 Å². The number of benzene rings is 1. The van der Waals surface area contributed by atoms with Crippen LogP contribution in [0.5, 0.6) is 0 Å². The van der Waals surface area contributed by atoms with Crippen molar-refractivity contribution >= 4 is 34.3 Å². The normalized spacial score (nSPS) is 17.9. The van der Waals surface area contributed by atoms with Crippen molar-refractivity contribution in [1.29, 1.82) is 0 Å². The Kier molecular flexibility index (Phi) is 5.41. The average molecular weight is 382 g/mol. The number of aliphatic carboxylic acids is 1. The van der Waals surface area contributed by atoms with Gasteiger partial charge in [-0.25, -0.2) is 0 Å². The second-order valence-electron chi connectivity index (χ2n) is 6.36. The summed E-state index contributed by atoms with van der Waals surface area (Å²) in [6.45, 7) is 5.35. The van der Waals surface area contributed by atoms with Gasteiger partial charge in [-0.15, -0.1) is 0 Å². The van der Waals surface area contributed by atoms with Gasteiger partial charge >= 0.3 is 5.97 Å². The first kappa shape index (κ1) is 19.5. The highest BCUT2D eigenvalue weighted by Crippen LogP contribution is 2.30. The number of nitrogens with one attached hydrogen (secondary N) is 1. The summed E-state index contributed by atoms with van der Waals surface area (Å²) < 4.78 is 0. The lowest BCUT2D eigenvalue weighted by atomic mass is 9.96. The number of fused-ring (bicyclic) bond motifs is 1. The van der Waals surface area contributed by atoms with Gasteiger partial charge in [0.15, 0.2) is 11.8 Å². The fourth-order valence-corrected chi connectivity index (χ4v) is 3.55. The van der Waals surface area contributed by atoms with E-state index in [9.17, 15) is 19.5 Å². The molecule has 0 radical (unpaired) electrons. The summed E-state index contributed by atoms with van der Waals surface area (Å²) in [6.07, 6.45) is 1.66. The fraction of sp³-hybridized carbons (Fsp3) is 0.300. The van der Waals surface area contributed by atoms with Gasteiger partial charge in [0, 0.05) is 30.4 Å². The number of anilines is 1. The molecule has 8 heteroatoms. The van der Waals surface area contributed by atoms with E-state index in [2.05, 4.69) is 10.3 Å². The van der Waals surface area contributed by atoms with Crippen LogP contribution in [0.3, 0.4) is 0 Å². The zero-order valence-electron chi connectivity index (χ0n) is 16.0. The lowest BCUT2D eigenvalue weighted by Crippen LogP contribution is -2.60. The molecule has 2 heterocycles. The van der Waals surface area contributed by atoms with E-state index in [1.165, 1.54) is 16.9 Å². The van der Waals surface area contributed by atoms with Gasteiger partial charge in [0.25, 0.3) is 5.91 Å². The number of Topliss-reactive ketones (excluding diaryl/α,β-unsaturated/α-hetero) is 1. The van der Waals surface area contributed by atoms with Gasteiger partial charge in [-0.1, -0.05) is 13.0 Å². The third-order valence-corrected chi connectivity index (χ3v) is 4.74. The predicted molar refractivity (Wildman–Crippen MR) is 104 cm³/mol. The molecular weight excluding hydrogens is 360 g/mol. The molecule has 1 aromatic heterocycles. The molecule has 1 amide bonds. The zero-order chi connectivity index (χ0) is 20.4. The van der Waals surface area contributed by atoms with Gasteiger partial charge in [0.05, 0.1) is 11.1 Å². The molecule has 1 unspecified atom stereocenters. The van der Waals surface area contributed by atoms with Crippen LogP contribution < -0.4 is 5.32 Å². The Morgan fingerprint density at radius 3 is 2.54 bits per heavy atom. The lowest BCUT2D eigenvalue weighted by Gasteiger charge is -2.42. The SMILES string of the molecule is CCN1C(=O)C(Nc2cccc3ncccc23)=C(C(C)=O)C(C(=O)O)N1CC. The Bertz CT molecular complexity index is 980. The molecule has 0 spiro atoms. The molecule has 3 rings (SSSR count). The fourth-order valence-electron chi connectivity index (χ4n) is 3.55. The number of ketones is 1. The number of pyridine rings is 1. The molecule has 1 aliphatic rings. The number of carboxylic acids is 1. The summed E-state index contributed by atoms with van der Waals surface area (Å²) in [5.41, 5.74) is 1.24.